The second-order valence-corrected chi connectivity index (χ2v) is 4.36. The van der Waals surface area contributed by atoms with Gasteiger partial charge in [-0.25, -0.2) is 4.39 Å². The number of halogens is 2. The summed E-state index contributed by atoms with van der Waals surface area (Å²) >= 11 is 5.88. The fraction of sp³-hybridized carbons (Fsp3) is 0.0667. The van der Waals surface area contributed by atoms with Crippen LogP contribution in [0.3, 0.4) is 0 Å². The van der Waals surface area contributed by atoms with Crippen LogP contribution in [0.25, 0.3) is 0 Å². The first-order valence-electron chi connectivity index (χ1n) is 5.65. The summed E-state index contributed by atoms with van der Waals surface area (Å²) in [6, 6.07) is 12.4. The normalized spacial score (nSPS) is 9.60. The third-order valence-corrected chi connectivity index (χ3v) is 2.96. The largest absolute Gasteiger partial charge is 0.489 e. The van der Waals surface area contributed by atoms with E-state index in [4.69, 9.17) is 26.9 Å². The van der Waals surface area contributed by atoms with Gasteiger partial charge >= 0.3 is 0 Å². The van der Waals surface area contributed by atoms with Gasteiger partial charge in [0, 0.05) is 11.6 Å². The smallest absolute Gasteiger partial charge is 0.123 e. The number of nitrogens with zero attached hydrogens (tertiary/aromatic N) is 2. The third-order valence-electron chi connectivity index (χ3n) is 2.64. The van der Waals surface area contributed by atoms with Crippen molar-refractivity contribution in [1.82, 2.24) is 0 Å². The molecular formula is C15H8ClFN2O. The first-order valence-corrected chi connectivity index (χ1v) is 6.03. The van der Waals surface area contributed by atoms with Crippen LogP contribution in [0.4, 0.5) is 4.39 Å². The standard InChI is InChI=1S/C15H8ClFN2O/c16-15-6-14(4-2-11(15)8-19)20-9-12-5-13(17)3-1-10(12)7-18/h1-6H,9H2. The van der Waals surface area contributed by atoms with Gasteiger partial charge in [0.1, 0.15) is 24.2 Å². The van der Waals surface area contributed by atoms with E-state index in [0.717, 1.165) is 0 Å². The van der Waals surface area contributed by atoms with Gasteiger partial charge in [-0.3, -0.25) is 0 Å². The molecule has 0 fully saturated rings. The lowest BCUT2D eigenvalue weighted by Gasteiger charge is -2.08. The van der Waals surface area contributed by atoms with Crippen LogP contribution < -0.4 is 4.74 Å². The van der Waals surface area contributed by atoms with Crippen LogP contribution in [0.2, 0.25) is 5.02 Å². The molecular weight excluding hydrogens is 279 g/mol. The average Bonchev–Trinajstić information content (AvgIpc) is 2.45. The SMILES string of the molecule is N#Cc1ccc(OCc2cc(F)ccc2C#N)cc1Cl. The molecule has 0 spiro atoms. The van der Waals surface area contributed by atoms with Crippen LogP contribution >= 0.6 is 11.6 Å². The predicted molar refractivity (Wildman–Crippen MR) is 71.6 cm³/mol. The molecule has 2 aromatic carbocycles. The van der Waals surface area contributed by atoms with Gasteiger partial charge in [-0.15, -0.1) is 0 Å². The number of hydrogen-bond acceptors (Lipinski definition) is 3. The fourth-order valence-electron chi connectivity index (χ4n) is 1.63. The van der Waals surface area contributed by atoms with Crippen molar-refractivity contribution in [3.8, 4) is 17.9 Å². The predicted octanol–water partition coefficient (Wildman–Crippen LogP) is 3.80. The molecule has 0 aliphatic heterocycles. The Kier molecular flexibility index (Phi) is 4.20. The van der Waals surface area contributed by atoms with Gasteiger partial charge in [-0.05, 0) is 30.3 Å². The number of hydrogen-bond donors (Lipinski definition) is 0. The second kappa shape index (κ2) is 6.06. The molecule has 0 aliphatic carbocycles. The fourth-order valence-corrected chi connectivity index (χ4v) is 1.84. The quantitative estimate of drug-likeness (QED) is 0.862. The Hall–Kier alpha value is -2.56. The van der Waals surface area contributed by atoms with Crippen molar-refractivity contribution in [3.05, 3.63) is 63.9 Å². The minimum Gasteiger partial charge on any atom is -0.489 e. The van der Waals surface area contributed by atoms with Crippen molar-refractivity contribution in [2.24, 2.45) is 0 Å². The van der Waals surface area contributed by atoms with E-state index < -0.39 is 5.82 Å². The lowest BCUT2D eigenvalue weighted by Crippen LogP contribution is -1.99. The molecule has 2 aromatic rings. The monoisotopic (exact) mass is 286 g/mol. The molecule has 0 N–H and O–H groups in total. The van der Waals surface area contributed by atoms with Gasteiger partial charge in [0.25, 0.3) is 0 Å². The van der Waals surface area contributed by atoms with Gasteiger partial charge in [0.15, 0.2) is 0 Å². The van der Waals surface area contributed by atoms with E-state index in [-0.39, 0.29) is 11.6 Å². The minimum absolute atomic E-state index is 0.0445. The summed E-state index contributed by atoms with van der Waals surface area (Å²) in [6.07, 6.45) is 0. The minimum atomic E-state index is -0.430. The van der Waals surface area contributed by atoms with Crippen LogP contribution in [0.1, 0.15) is 16.7 Å². The molecule has 0 saturated heterocycles. The van der Waals surface area contributed by atoms with Crippen molar-refractivity contribution >= 4 is 11.6 Å². The van der Waals surface area contributed by atoms with E-state index in [1.54, 1.807) is 6.07 Å². The van der Waals surface area contributed by atoms with Gasteiger partial charge in [0.05, 0.1) is 22.2 Å². The summed E-state index contributed by atoms with van der Waals surface area (Å²) in [4.78, 5) is 0. The van der Waals surface area contributed by atoms with Crippen molar-refractivity contribution in [2.75, 3.05) is 0 Å². The Morgan fingerprint density at radius 2 is 1.75 bits per heavy atom. The highest BCUT2D eigenvalue weighted by atomic mass is 35.5. The van der Waals surface area contributed by atoms with Gasteiger partial charge in [0.2, 0.25) is 0 Å². The van der Waals surface area contributed by atoms with Crippen LogP contribution in [-0.2, 0) is 6.61 Å². The summed E-state index contributed by atoms with van der Waals surface area (Å²) in [7, 11) is 0. The molecule has 2 rings (SSSR count). The number of rotatable bonds is 3. The third kappa shape index (κ3) is 3.06. The van der Waals surface area contributed by atoms with E-state index in [9.17, 15) is 4.39 Å². The maximum absolute atomic E-state index is 13.2. The van der Waals surface area contributed by atoms with Gasteiger partial charge in [-0.1, -0.05) is 11.6 Å². The summed E-state index contributed by atoms with van der Waals surface area (Å²) in [6.45, 7) is 0.0445. The van der Waals surface area contributed by atoms with E-state index in [1.165, 1.54) is 30.3 Å². The van der Waals surface area contributed by atoms with E-state index in [1.807, 2.05) is 12.1 Å². The molecule has 0 atom stereocenters. The molecule has 20 heavy (non-hydrogen) atoms. The van der Waals surface area contributed by atoms with E-state index in [0.29, 0.717) is 22.4 Å². The summed E-state index contributed by atoms with van der Waals surface area (Å²) in [5.41, 5.74) is 1.15. The van der Waals surface area contributed by atoms with Crippen LogP contribution in [-0.4, -0.2) is 0 Å². The molecule has 0 aromatic heterocycles. The topological polar surface area (TPSA) is 56.8 Å². The number of benzene rings is 2. The Labute approximate surface area is 120 Å². The second-order valence-electron chi connectivity index (χ2n) is 3.96. The molecule has 0 radical (unpaired) electrons. The zero-order chi connectivity index (χ0) is 14.5. The summed E-state index contributed by atoms with van der Waals surface area (Å²) in [5, 5.41) is 18.0. The van der Waals surface area contributed by atoms with Crippen LogP contribution in [0.5, 0.6) is 5.75 Å². The molecule has 98 valence electrons. The molecule has 0 unspecified atom stereocenters. The molecule has 0 aliphatic rings. The van der Waals surface area contributed by atoms with Gasteiger partial charge in [-0.2, -0.15) is 10.5 Å². The summed E-state index contributed by atoms with van der Waals surface area (Å²) < 4.78 is 18.6. The summed E-state index contributed by atoms with van der Waals surface area (Å²) in [5.74, 6) is 0.0163. The number of ether oxygens (including phenoxy) is 1. The average molecular weight is 287 g/mol. The number of nitriles is 2. The highest BCUT2D eigenvalue weighted by molar-refractivity contribution is 6.31. The Morgan fingerprint density at radius 3 is 2.40 bits per heavy atom. The highest BCUT2D eigenvalue weighted by Crippen LogP contribution is 2.23. The zero-order valence-corrected chi connectivity index (χ0v) is 11.0. The van der Waals surface area contributed by atoms with Crippen LogP contribution in [0, 0.1) is 28.5 Å². The molecule has 0 heterocycles. The first-order chi connectivity index (χ1) is 9.63. The van der Waals surface area contributed by atoms with Crippen LogP contribution in [0.15, 0.2) is 36.4 Å². The lowest BCUT2D eigenvalue weighted by atomic mass is 10.1. The molecule has 5 heteroatoms. The van der Waals surface area contributed by atoms with Crippen molar-refractivity contribution in [3.63, 3.8) is 0 Å². The Bertz CT molecular complexity index is 732. The zero-order valence-electron chi connectivity index (χ0n) is 10.2. The Morgan fingerprint density at radius 1 is 1.05 bits per heavy atom. The van der Waals surface area contributed by atoms with Crippen molar-refractivity contribution < 1.29 is 9.13 Å². The molecule has 0 amide bonds. The van der Waals surface area contributed by atoms with Crippen molar-refractivity contribution in [1.29, 1.82) is 10.5 Å². The maximum Gasteiger partial charge on any atom is 0.123 e. The molecule has 3 nitrogen and oxygen atoms in total. The Balaban J connectivity index is 2.17. The van der Waals surface area contributed by atoms with E-state index >= 15 is 0 Å². The van der Waals surface area contributed by atoms with Crippen molar-refractivity contribution in [2.45, 2.75) is 6.61 Å². The molecule has 0 saturated carbocycles. The first kappa shape index (κ1) is 13.9. The van der Waals surface area contributed by atoms with E-state index in [2.05, 4.69) is 0 Å². The van der Waals surface area contributed by atoms with Gasteiger partial charge < -0.3 is 4.74 Å². The maximum atomic E-state index is 13.2. The molecule has 0 bridgehead atoms. The highest BCUT2D eigenvalue weighted by Gasteiger charge is 2.06. The lowest BCUT2D eigenvalue weighted by molar-refractivity contribution is 0.305.